The number of tetrazole rings is 1. The molecular formula is C5H11N5O. The van der Waals surface area contributed by atoms with E-state index in [-0.39, 0.29) is 12.1 Å². The lowest BCUT2D eigenvalue weighted by molar-refractivity contribution is 0.0931. The largest absolute Gasteiger partial charge is 0.380 e. The number of aromatic nitrogens is 4. The van der Waals surface area contributed by atoms with Crippen molar-refractivity contribution in [1.29, 1.82) is 0 Å². The molecule has 0 radical (unpaired) electrons. The van der Waals surface area contributed by atoms with Crippen LogP contribution < -0.4 is 5.73 Å². The van der Waals surface area contributed by atoms with Crippen molar-refractivity contribution in [3.05, 3.63) is 5.82 Å². The molecule has 0 aliphatic carbocycles. The number of nitrogens with one attached hydrogen (secondary N) is 1. The van der Waals surface area contributed by atoms with Gasteiger partial charge < -0.3 is 10.5 Å². The first kappa shape index (κ1) is 8.09. The molecule has 0 bridgehead atoms. The summed E-state index contributed by atoms with van der Waals surface area (Å²) < 4.78 is 4.99. The third kappa shape index (κ3) is 1.72. The number of ether oxygens (including phenoxy) is 1. The maximum absolute atomic E-state index is 5.68. The number of nitrogens with zero attached hydrogens (tertiary/aromatic N) is 3. The molecule has 2 atom stereocenters. The Kier molecular flexibility index (Phi) is 2.50. The molecule has 11 heavy (non-hydrogen) atoms. The second-order valence-electron chi connectivity index (χ2n) is 2.24. The van der Waals surface area contributed by atoms with Gasteiger partial charge in [0, 0.05) is 7.11 Å². The van der Waals surface area contributed by atoms with Crippen LogP contribution in [-0.4, -0.2) is 33.8 Å². The zero-order valence-corrected chi connectivity index (χ0v) is 6.48. The van der Waals surface area contributed by atoms with Crippen molar-refractivity contribution >= 4 is 0 Å². The molecule has 1 heterocycles. The van der Waals surface area contributed by atoms with Crippen LogP contribution >= 0.6 is 0 Å². The Balaban J connectivity index is 2.62. The predicted molar refractivity (Wildman–Crippen MR) is 37.6 cm³/mol. The quantitative estimate of drug-likeness (QED) is 0.601. The van der Waals surface area contributed by atoms with Gasteiger partial charge in [0.1, 0.15) is 0 Å². The van der Waals surface area contributed by atoms with Crippen LogP contribution in [0.2, 0.25) is 0 Å². The van der Waals surface area contributed by atoms with Crippen LogP contribution in [0.5, 0.6) is 0 Å². The van der Waals surface area contributed by atoms with Crippen LogP contribution in [-0.2, 0) is 4.74 Å². The average molecular weight is 157 g/mol. The monoisotopic (exact) mass is 157 g/mol. The van der Waals surface area contributed by atoms with Crippen LogP contribution in [0.3, 0.4) is 0 Å². The van der Waals surface area contributed by atoms with Gasteiger partial charge in [0.15, 0.2) is 5.82 Å². The maximum Gasteiger partial charge on any atom is 0.193 e. The minimum absolute atomic E-state index is 0.104. The summed E-state index contributed by atoms with van der Waals surface area (Å²) in [5, 5.41) is 13.2. The van der Waals surface area contributed by atoms with Crippen LogP contribution in [0, 0.1) is 0 Å². The fraction of sp³-hybridized carbons (Fsp3) is 0.800. The lowest BCUT2D eigenvalue weighted by Gasteiger charge is -2.13. The van der Waals surface area contributed by atoms with Crippen molar-refractivity contribution in [3.63, 3.8) is 0 Å². The molecule has 0 amide bonds. The van der Waals surface area contributed by atoms with E-state index in [0.29, 0.717) is 5.82 Å². The fourth-order valence-corrected chi connectivity index (χ4v) is 0.667. The molecule has 1 rings (SSSR count). The SMILES string of the molecule is COC(C)C(N)c1nn[nH]n1. The molecule has 1 aromatic heterocycles. The van der Waals surface area contributed by atoms with Crippen LogP contribution in [0.25, 0.3) is 0 Å². The fourth-order valence-electron chi connectivity index (χ4n) is 0.667. The molecule has 0 aliphatic rings. The molecule has 2 unspecified atom stereocenters. The molecule has 3 N–H and O–H groups in total. The van der Waals surface area contributed by atoms with E-state index in [0.717, 1.165) is 0 Å². The Morgan fingerprint density at radius 3 is 2.82 bits per heavy atom. The van der Waals surface area contributed by atoms with E-state index in [1.54, 1.807) is 7.11 Å². The number of hydrogen-bond donors (Lipinski definition) is 2. The summed E-state index contributed by atoms with van der Waals surface area (Å²) in [5.41, 5.74) is 5.68. The van der Waals surface area contributed by atoms with Gasteiger partial charge in [-0.25, -0.2) is 0 Å². The molecule has 0 spiro atoms. The Morgan fingerprint density at radius 1 is 1.64 bits per heavy atom. The highest BCUT2D eigenvalue weighted by molar-refractivity contribution is 4.89. The van der Waals surface area contributed by atoms with Gasteiger partial charge in [-0.1, -0.05) is 5.21 Å². The molecule has 0 fully saturated rings. The molecule has 6 heteroatoms. The van der Waals surface area contributed by atoms with Gasteiger partial charge in [0.05, 0.1) is 12.1 Å². The van der Waals surface area contributed by atoms with E-state index in [1.807, 2.05) is 6.92 Å². The molecule has 0 saturated heterocycles. The molecular weight excluding hydrogens is 146 g/mol. The summed E-state index contributed by atoms with van der Waals surface area (Å²) in [6.07, 6.45) is -0.104. The number of H-pyrrole nitrogens is 1. The normalized spacial score (nSPS) is 16.3. The van der Waals surface area contributed by atoms with Crippen molar-refractivity contribution < 1.29 is 4.74 Å². The van der Waals surface area contributed by atoms with E-state index < -0.39 is 0 Å². The Morgan fingerprint density at radius 2 is 2.36 bits per heavy atom. The Hall–Kier alpha value is -1.01. The smallest absolute Gasteiger partial charge is 0.193 e. The molecule has 1 aromatic rings. The summed E-state index contributed by atoms with van der Waals surface area (Å²) in [6, 6.07) is -0.321. The molecule has 0 aromatic carbocycles. The minimum atomic E-state index is -0.321. The van der Waals surface area contributed by atoms with Gasteiger partial charge >= 0.3 is 0 Å². The topological polar surface area (TPSA) is 89.7 Å². The van der Waals surface area contributed by atoms with Gasteiger partial charge in [0.25, 0.3) is 0 Å². The van der Waals surface area contributed by atoms with Crippen LogP contribution in [0.1, 0.15) is 18.8 Å². The molecule has 0 aliphatic heterocycles. The van der Waals surface area contributed by atoms with Crippen LogP contribution in [0.15, 0.2) is 0 Å². The van der Waals surface area contributed by atoms with Gasteiger partial charge in [-0.05, 0) is 6.92 Å². The van der Waals surface area contributed by atoms with Crippen molar-refractivity contribution in [2.45, 2.75) is 19.1 Å². The van der Waals surface area contributed by atoms with Gasteiger partial charge in [-0.2, -0.15) is 5.21 Å². The molecule has 6 nitrogen and oxygen atoms in total. The van der Waals surface area contributed by atoms with Gasteiger partial charge in [-0.15, -0.1) is 10.2 Å². The lowest BCUT2D eigenvalue weighted by atomic mass is 10.2. The highest BCUT2D eigenvalue weighted by Crippen LogP contribution is 2.08. The number of aromatic amines is 1. The highest BCUT2D eigenvalue weighted by atomic mass is 16.5. The zero-order chi connectivity index (χ0) is 8.27. The van der Waals surface area contributed by atoms with Crippen molar-refractivity contribution in [2.24, 2.45) is 5.73 Å². The molecule has 0 saturated carbocycles. The Bertz CT molecular complexity index is 199. The third-order valence-electron chi connectivity index (χ3n) is 1.54. The summed E-state index contributed by atoms with van der Waals surface area (Å²) in [6.45, 7) is 1.85. The van der Waals surface area contributed by atoms with E-state index in [1.165, 1.54) is 0 Å². The summed E-state index contributed by atoms with van der Waals surface area (Å²) in [5.74, 6) is 0.472. The van der Waals surface area contributed by atoms with Gasteiger partial charge in [0.2, 0.25) is 0 Å². The summed E-state index contributed by atoms with van der Waals surface area (Å²) in [4.78, 5) is 0. The standard InChI is InChI=1S/C5H11N5O/c1-3(11-2)4(6)5-7-9-10-8-5/h3-4H,6H2,1-2H3,(H,7,8,9,10). The first-order valence-corrected chi connectivity index (χ1v) is 3.27. The highest BCUT2D eigenvalue weighted by Gasteiger charge is 2.17. The van der Waals surface area contributed by atoms with E-state index in [2.05, 4.69) is 20.6 Å². The minimum Gasteiger partial charge on any atom is -0.380 e. The summed E-state index contributed by atoms with van der Waals surface area (Å²) >= 11 is 0. The maximum atomic E-state index is 5.68. The van der Waals surface area contributed by atoms with Crippen molar-refractivity contribution in [1.82, 2.24) is 20.6 Å². The second kappa shape index (κ2) is 3.40. The van der Waals surface area contributed by atoms with E-state index >= 15 is 0 Å². The van der Waals surface area contributed by atoms with E-state index in [9.17, 15) is 0 Å². The predicted octanol–water partition coefficient (Wildman–Crippen LogP) is -0.766. The number of hydrogen-bond acceptors (Lipinski definition) is 5. The number of rotatable bonds is 3. The van der Waals surface area contributed by atoms with Crippen molar-refractivity contribution in [3.8, 4) is 0 Å². The first-order valence-electron chi connectivity index (χ1n) is 3.27. The van der Waals surface area contributed by atoms with E-state index in [4.69, 9.17) is 10.5 Å². The lowest BCUT2D eigenvalue weighted by Crippen LogP contribution is -2.26. The second-order valence-corrected chi connectivity index (χ2v) is 2.24. The first-order chi connectivity index (χ1) is 5.25. The number of methoxy groups -OCH3 is 1. The van der Waals surface area contributed by atoms with Crippen LogP contribution in [0.4, 0.5) is 0 Å². The summed E-state index contributed by atoms with van der Waals surface area (Å²) in [7, 11) is 1.59. The average Bonchev–Trinajstić information content (AvgIpc) is 2.53. The van der Waals surface area contributed by atoms with Crippen molar-refractivity contribution in [2.75, 3.05) is 7.11 Å². The number of nitrogens with two attached hydrogens (primary N) is 1. The molecule has 62 valence electrons. The third-order valence-corrected chi connectivity index (χ3v) is 1.54. The zero-order valence-electron chi connectivity index (χ0n) is 6.48. The van der Waals surface area contributed by atoms with Gasteiger partial charge in [-0.3, -0.25) is 0 Å². The Labute approximate surface area is 64.1 Å².